The lowest BCUT2D eigenvalue weighted by atomic mass is 9.99. The first kappa shape index (κ1) is 41.0. The first-order chi connectivity index (χ1) is 27.3. The van der Waals surface area contributed by atoms with Gasteiger partial charge in [0.1, 0.15) is 42.9 Å². The number of nitrogens with one attached hydrogen (secondary N) is 4. The number of carbonyl (C=O) groups excluding carboxylic acids is 7. The maximum atomic E-state index is 14.5. The van der Waals surface area contributed by atoms with Crippen molar-refractivity contribution in [2.24, 2.45) is 5.92 Å². The fourth-order valence-corrected chi connectivity index (χ4v) is 8.22. The summed E-state index contributed by atoms with van der Waals surface area (Å²) in [5.41, 5.74) is 2.17. The van der Waals surface area contributed by atoms with Gasteiger partial charge in [-0.05, 0) is 81.2 Å². The number of benzene rings is 2. The summed E-state index contributed by atoms with van der Waals surface area (Å²) in [6.07, 6.45) is 3.01. The van der Waals surface area contributed by atoms with Crippen molar-refractivity contribution in [3.8, 4) is 0 Å². The molecule has 16 nitrogen and oxygen atoms in total. The van der Waals surface area contributed by atoms with E-state index in [1.165, 1.54) is 14.7 Å². The van der Waals surface area contributed by atoms with Gasteiger partial charge in [-0.3, -0.25) is 24.0 Å². The number of ether oxygens (including phenoxy) is 1. The number of nitrogens with zero attached hydrogens (tertiary/aromatic N) is 4. The van der Waals surface area contributed by atoms with E-state index >= 15 is 0 Å². The van der Waals surface area contributed by atoms with Crippen molar-refractivity contribution < 1.29 is 38.3 Å². The summed E-state index contributed by atoms with van der Waals surface area (Å²) in [6.45, 7) is 3.68. The lowest BCUT2D eigenvalue weighted by Gasteiger charge is -2.39. The highest BCUT2D eigenvalue weighted by atomic mass is 16.5. The number of anilines is 2. The van der Waals surface area contributed by atoms with Crippen molar-refractivity contribution in [2.45, 2.75) is 95.0 Å². The van der Waals surface area contributed by atoms with Gasteiger partial charge in [-0.1, -0.05) is 37.3 Å². The van der Waals surface area contributed by atoms with E-state index in [9.17, 15) is 33.6 Å². The Morgan fingerprint density at radius 1 is 0.825 bits per heavy atom. The first-order valence-electron chi connectivity index (χ1n) is 19.9. The van der Waals surface area contributed by atoms with E-state index in [2.05, 4.69) is 21.3 Å². The highest BCUT2D eigenvalue weighted by Gasteiger charge is 2.46. The van der Waals surface area contributed by atoms with Crippen LogP contribution < -0.4 is 26.2 Å². The largest absolute Gasteiger partial charge is 0.461 e. The maximum Gasteiger partial charge on any atom is 0.328 e. The zero-order valence-corrected chi connectivity index (χ0v) is 33.1. The molecule has 16 heteroatoms. The molecule has 7 atom stereocenters. The molecule has 0 spiro atoms. The molecule has 4 saturated heterocycles. The lowest BCUT2D eigenvalue weighted by molar-refractivity contribution is -0.158. The number of hydrogen-bond donors (Lipinski definition) is 4. The predicted molar refractivity (Wildman–Crippen MR) is 211 cm³/mol. The molecule has 306 valence electrons. The Morgan fingerprint density at radius 3 is 2.23 bits per heavy atom. The van der Waals surface area contributed by atoms with E-state index in [1.807, 2.05) is 56.3 Å². The summed E-state index contributed by atoms with van der Waals surface area (Å²) >= 11 is 0. The highest BCUT2D eigenvalue weighted by Crippen LogP contribution is 2.28. The fourth-order valence-electron chi connectivity index (χ4n) is 8.22. The molecule has 57 heavy (non-hydrogen) atoms. The summed E-state index contributed by atoms with van der Waals surface area (Å²) in [5, 5.41) is 11.0. The Hall–Kier alpha value is -5.67. The summed E-state index contributed by atoms with van der Waals surface area (Å²) in [7, 11) is 3.80. The number of piperidine rings is 1. The molecular formula is C41H54N8O8. The van der Waals surface area contributed by atoms with E-state index in [0.29, 0.717) is 50.8 Å². The van der Waals surface area contributed by atoms with Crippen LogP contribution in [0.3, 0.4) is 0 Å². The quantitative estimate of drug-likeness (QED) is 0.303. The van der Waals surface area contributed by atoms with E-state index in [0.717, 1.165) is 11.3 Å². The molecule has 0 aromatic heterocycles. The Bertz CT molecular complexity index is 1820. The minimum absolute atomic E-state index is 0.0488. The second-order valence-electron chi connectivity index (χ2n) is 15.8. The molecule has 2 aromatic carbocycles. The average Bonchev–Trinajstić information content (AvgIpc) is 3.85. The van der Waals surface area contributed by atoms with Gasteiger partial charge in [-0.2, -0.15) is 0 Å². The Kier molecular flexibility index (Phi) is 13.0. The number of hydrogen-bond acceptors (Lipinski definition) is 9. The molecule has 4 aliphatic rings. The molecule has 6 rings (SSSR count). The number of carbonyl (C=O) groups is 7. The van der Waals surface area contributed by atoms with Crippen molar-refractivity contribution in [1.82, 2.24) is 30.7 Å². The highest BCUT2D eigenvalue weighted by molar-refractivity contribution is 5.98. The van der Waals surface area contributed by atoms with Gasteiger partial charge < -0.3 is 45.6 Å². The molecule has 0 radical (unpaired) electrons. The number of esters is 1. The number of rotatable bonds is 7. The third-order valence-corrected chi connectivity index (χ3v) is 11.3. The SMILES string of the molecule is CC1CC2C(=O)OCC(NC(=O)C(Cc3ccccc3)NC(=O)Nc3ccc(N(C)C)cc3)C(=O)N3CCCC3C(=O)N3CCCCC3C(=O)NC(C)C(=O)N2C1. The predicted octanol–water partition coefficient (Wildman–Crippen LogP) is 1.64. The van der Waals surface area contributed by atoms with Gasteiger partial charge in [0.15, 0.2) is 0 Å². The summed E-state index contributed by atoms with van der Waals surface area (Å²) in [4.78, 5) is 104. The van der Waals surface area contributed by atoms with E-state index in [1.54, 1.807) is 31.2 Å². The lowest BCUT2D eigenvalue weighted by Crippen LogP contribution is -2.62. The first-order valence-corrected chi connectivity index (χ1v) is 19.9. The van der Waals surface area contributed by atoms with Gasteiger partial charge in [0.05, 0.1) is 0 Å². The van der Waals surface area contributed by atoms with Gasteiger partial charge in [-0.15, -0.1) is 0 Å². The van der Waals surface area contributed by atoms with Crippen molar-refractivity contribution >= 4 is 52.9 Å². The van der Waals surface area contributed by atoms with Gasteiger partial charge in [0.2, 0.25) is 29.5 Å². The molecular weight excluding hydrogens is 732 g/mol. The maximum absolute atomic E-state index is 14.5. The molecule has 4 fully saturated rings. The van der Waals surface area contributed by atoms with Crippen molar-refractivity contribution in [3.63, 3.8) is 0 Å². The summed E-state index contributed by atoms with van der Waals surface area (Å²) < 4.78 is 5.76. The van der Waals surface area contributed by atoms with Gasteiger partial charge in [0, 0.05) is 51.5 Å². The van der Waals surface area contributed by atoms with Crippen LogP contribution in [0.4, 0.5) is 16.2 Å². The molecule has 0 bridgehead atoms. The van der Waals surface area contributed by atoms with Crippen molar-refractivity contribution in [3.05, 3.63) is 60.2 Å². The van der Waals surface area contributed by atoms with Crippen LogP contribution in [0.1, 0.15) is 57.9 Å². The Morgan fingerprint density at radius 2 is 1.51 bits per heavy atom. The van der Waals surface area contributed by atoms with Gasteiger partial charge in [-0.25, -0.2) is 9.59 Å². The van der Waals surface area contributed by atoms with Crippen LogP contribution in [0.2, 0.25) is 0 Å². The van der Waals surface area contributed by atoms with Crippen LogP contribution in [0.25, 0.3) is 0 Å². The molecule has 7 unspecified atom stereocenters. The van der Waals surface area contributed by atoms with Crippen LogP contribution in [0.15, 0.2) is 54.6 Å². The minimum atomic E-state index is -1.44. The zero-order chi connectivity index (χ0) is 40.8. The van der Waals surface area contributed by atoms with E-state index in [4.69, 9.17) is 4.74 Å². The fraction of sp³-hybridized carbons (Fsp3) is 0.537. The van der Waals surface area contributed by atoms with Gasteiger partial charge >= 0.3 is 12.0 Å². The normalized spacial score (nSPS) is 26.4. The van der Waals surface area contributed by atoms with Crippen LogP contribution in [-0.2, 0) is 39.9 Å². The average molecular weight is 787 g/mol. The minimum Gasteiger partial charge on any atom is -0.461 e. The smallest absolute Gasteiger partial charge is 0.328 e. The standard InChI is InChI=1S/C41H54N8O8/c1-25-21-34-40(55)57-24-31(44-35(50)30(22-27-11-6-5-7-12-27)45-41(56)43-28-15-17-29(18-16-28)46(3)4)38(53)48-20-10-14-33(48)39(54)47-19-9-8-13-32(47)36(51)42-26(2)37(52)49(34)23-25/h5-7,11-12,15-18,25-26,30-34H,8-10,13-14,19-24H2,1-4H3,(H,42,51)(H,44,50)(H2,43,45,56). The molecule has 0 saturated carbocycles. The second kappa shape index (κ2) is 18.1. The molecule has 4 heterocycles. The third kappa shape index (κ3) is 9.66. The van der Waals surface area contributed by atoms with Crippen molar-refractivity contribution in [1.29, 1.82) is 0 Å². The van der Waals surface area contributed by atoms with E-state index in [-0.39, 0.29) is 31.3 Å². The van der Waals surface area contributed by atoms with Gasteiger partial charge in [0.25, 0.3) is 0 Å². The van der Waals surface area contributed by atoms with Crippen LogP contribution in [0, 0.1) is 5.92 Å². The molecule has 2 aromatic rings. The van der Waals surface area contributed by atoms with Crippen LogP contribution in [0.5, 0.6) is 0 Å². The summed E-state index contributed by atoms with van der Waals surface area (Å²) in [6, 6.07) is 9.26. The number of cyclic esters (lactones) is 1. The summed E-state index contributed by atoms with van der Waals surface area (Å²) in [5.74, 6) is -3.46. The molecule has 4 N–H and O–H groups in total. The number of urea groups is 1. The molecule has 7 amide bonds. The molecule has 0 aliphatic carbocycles. The van der Waals surface area contributed by atoms with E-state index < -0.39 is 78.5 Å². The Labute approximate surface area is 333 Å². The zero-order valence-electron chi connectivity index (χ0n) is 33.1. The third-order valence-electron chi connectivity index (χ3n) is 11.3. The Balaban J connectivity index is 1.28. The monoisotopic (exact) mass is 786 g/mol. The number of amides is 7. The topological polar surface area (TPSA) is 190 Å². The van der Waals surface area contributed by atoms with Crippen LogP contribution in [-0.4, -0.2) is 133 Å². The van der Waals surface area contributed by atoms with Crippen LogP contribution >= 0.6 is 0 Å². The van der Waals surface area contributed by atoms with Crippen molar-refractivity contribution in [2.75, 3.05) is 50.6 Å². The molecule has 4 aliphatic heterocycles. The number of fused-ring (bicyclic) bond motifs is 3. The second-order valence-corrected chi connectivity index (χ2v) is 15.8.